The number of rotatable bonds is 5. The van der Waals surface area contributed by atoms with Gasteiger partial charge in [0.15, 0.2) is 0 Å². The van der Waals surface area contributed by atoms with Gasteiger partial charge >= 0.3 is 0 Å². The lowest BCUT2D eigenvalue weighted by Gasteiger charge is -2.31. The summed E-state index contributed by atoms with van der Waals surface area (Å²) >= 11 is 12.0. The van der Waals surface area contributed by atoms with E-state index < -0.39 is 15.9 Å². The lowest BCUT2D eigenvalue weighted by molar-refractivity contribution is -0.119. The van der Waals surface area contributed by atoms with Crippen molar-refractivity contribution in [1.29, 1.82) is 0 Å². The number of benzene rings is 2. The Kier molecular flexibility index (Phi) is 6.24. The second kappa shape index (κ2) is 8.48. The minimum atomic E-state index is -3.69. The van der Waals surface area contributed by atoms with Crippen LogP contribution in [0.5, 0.6) is 0 Å². The first-order valence-electron chi connectivity index (χ1n) is 8.38. The molecule has 10 heteroatoms. The van der Waals surface area contributed by atoms with Crippen molar-refractivity contribution in [3.8, 4) is 0 Å². The van der Waals surface area contributed by atoms with E-state index in [2.05, 4.69) is 5.32 Å². The third-order valence-corrected chi connectivity index (χ3v) is 7.11. The van der Waals surface area contributed by atoms with Crippen LogP contribution in [0, 0.1) is 0 Å². The second-order valence-electron chi connectivity index (χ2n) is 6.13. The lowest BCUT2D eigenvalue weighted by Crippen LogP contribution is -2.47. The fourth-order valence-electron chi connectivity index (χ4n) is 2.77. The second-order valence-corrected chi connectivity index (χ2v) is 8.85. The molecule has 2 amide bonds. The number of halogens is 2. The van der Waals surface area contributed by atoms with E-state index >= 15 is 0 Å². The highest BCUT2D eigenvalue weighted by Crippen LogP contribution is 2.30. The molecule has 2 aromatic carbocycles. The van der Waals surface area contributed by atoms with Crippen molar-refractivity contribution in [2.24, 2.45) is 0 Å². The summed E-state index contributed by atoms with van der Waals surface area (Å²) in [6.45, 7) is 1.17. The number of carbonyl (C=O) groups excluding carboxylic acids is 2. The Bertz CT molecular complexity index is 988. The highest BCUT2D eigenvalue weighted by Gasteiger charge is 2.28. The maximum Gasteiger partial charge on any atom is 0.255 e. The standard InChI is InChI=1S/C18H17Cl2N3O4S/c19-15-2-1-3-16(17(15)20)21-18(25)13-4-6-14(7-5-13)28(26,27)23-10-8-22(12-24)9-11-23/h1-7,12H,8-11H2,(H,21,25). The summed E-state index contributed by atoms with van der Waals surface area (Å²) in [5, 5.41) is 3.19. The molecule has 28 heavy (non-hydrogen) atoms. The van der Waals surface area contributed by atoms with Crippen LogP contribution in [0.1, 0.15) is 10.4 Å². The van der Waals surface area contributed by atoms with Crippen LogP contribution >= 0.6 is 23.2 Å². The molecule has 3 rings (SSSR count). The fourth-order valence-corrected chi connectivity index (χ4v) is 4.54. The molecule has 1 N–H and O–H groups in total. The SMILES string of the molecule is O=CN1CCN(S(=O)(=O)c2ccc(C(=O)Nc3cccc(Cl)c3Cl)cc2)CC1. The van der Waals surface area contributed by atoms with Crippen LogP contribution in [0.15, 0.2) is 47.4 Å². The Morgan fingerprint density at radius 2 is 1.64 bits per heavy atom. The molecule has 148 valence electrons. The van der Waals surface area contributed by atoms with Gasteiger partial charge in [0.1, 0.15) is 0 Å². The van der Waals surface area contributed by atoms with Crippen LogP contribution in [0.2, 0.25) is 10.0 Å². The Balaban J connectivity index is 1.73. The summed E-state index contributed by atoms with van der Waals surface area (Å²) in [7, 11) is -3.69. The van der Waals surface area contributed by atoms with Gasteiger partial charge in [0.25, 0.3) is 5.91 Å². The first-order valence-corrected chi connectivity index (χ1v) is 10.6. The minimum absolute atomic E-state index is 0.0874. The molecule has 0 spiro atoms. The Hall–Kier alpha value is -2.13. The highest BCUT2D eigenvalue weighted by molar-refractivity contribution is 7.89. The van der Waals surface area contributed by atoms with Gasteiger partial charge in [-0.3, -0.25) is 9.59 Å². The van der Waals surface area contributed by atoms with Crippen molar-refractivity contribution >= 4 is 51.2 Å². The molecule has 0 saturated carbocycles. The van der Waals surface area contributed by atoms with Gasteiger partial charge in [-0.2, -0.15) is 4.31 Å². The van der Waals surface area contributed by atoms with E-state index in [1.54, 1.807) is 18.2 Å². The normalized spacial score (nSPS) is 15.3. The largest absolute Gasteiger partial charge is 0.343 e. The summed E-state index contributed by atoms with van der Waals surface area (Å²) in [4.78, 5) is 24.8. The molecular formula is C18H17Cl2N3O4S. The van der Waals surface area contributed by atoms with Gasteiger partial charge in [-0.1, -0.05) is 29.3 Å². The molecule has 0 bridgehead atoms. The minimum Gasteiger partial charge on any atom is -0.343 e. The predicted octanol–water partition coefficient (Wildman–Crippen LogP) is 2.71. The molecule has 1 saturated heterocycles. The monoisotopic (exact) mass is 441 g/mol. The van der Waals surface area contributed by atoms with Crippen LogP contribution < -0.4 is 5.32 Å². The third kappa shape index (κ3) is 4.30. The van der Waals surface area contributed by atoms with Crippen molar-refractivity contribution in [2.75, 3.05) is 31.5 Å². The van der Waals surface area contributed by atoms with Gasteiger partial charge < -0.3 is 10.2 Å². The average molecular weight is 442 g/mol. The van der Waals surface area contributed by atoms with Crippen molar-refractivity contribution in [2.45, 2.75) is 4.90 Å². The summed E-state index contributed by atoms with van der Waals surface area (Å²) in [5.41, 5.74) is 0.643. The predicted molar refractivity (Wildman–Crippen MR) is 107 cm³/mol. The Labute approximate surface area is 172 Å². The lowest BCUT2D eigenvalue weighted by atomic mass is 10.2. The molecule has 0 aliphatic carbocycles. The van der Waals surface area contributed by atoms with Gasteiger partial charge in [-0.25, -0.2) is 8.42 Å². The van der Waals surface area contributed by atoms with Crippen molar-refractivity contribution in [3.05, 3.63) is 58.1 Å². The molecule has 7 nitrogen and oxygen atoms in total. The number of piperazine rings is 1. The summed E-state index contributed by atoms with van der Waals surface area (Å²) < 4.78 is 26.8. The maximum atomic E-state index is 12.7. The van der Waals surface area contributed by atoms with E-state index in [9.17, 15) is 18.0 Å². The zero-order valence-corrected chi connectivity index (χ0v) is 17.0. The quantitative estimate of drug-likeness (QED) is 0.722. The van der Waals surface area contributed by atoms with E-state index in [0.29, 0.717) is 30.2 Å². The molecule has 1 fully saturated rings. The van der Waals surface area contributed by atoms with E-state index in [1.165, 1.54) is 33.5 Å². The van der Waals surface area contributed by atoms with E-state index in [1.807, 2.05) is 0 Å². The molecular weight excluding hydrogens is 425 g/mol. The van der Waals surface area contributed by atoms with Crippen molar-refractivity contribution < 1.29 is 18.0 Å². The average Bonchev–Trinajstić information content (AvgIpc) is 2.71. The van der Waals surface area contributed by atoms with Crippen molar-refractivity contribution in [1.82, 2.24) is 9.21 Å². The topological polar surface area (TPSA) is 86.8 Å². The molecule has 0 aromatic heterocycles. The number of anilines is 1. The van der Waals surface area contributed by atoms with Crippen molar-refractivity contribution in [3.63, 3.8) is 0 Å². The van der Waals surface area contributed by atoms with Gasteiger partial charge in [-0.05, 0) is 36.4 Å². The Morgan fingerprint density at radius 1 is 1.00 bits per heavy atom. The number of carbonyl (C=O) groups is 2. The first-order chi connectivity index (χ1) is 13.3. The van der Waals surface area contributed by atoms with Crippen LogP contribution in [-0.4, -0.2) is 56.1 Å². The Morgan fingerprint density at radius 3 is 2.25 bits per heavy atom. The summed E-state index contributed by atoms with van der Waals surface area (Å²) in [6.07, 6.45) is 0.712. The number of nitrogens with zero attached hydrogens (tertiary/aromatic N) is 2. The van der Waals surface area contributed by atoms with Gasteiger partial charge in [0.2, 0.25) is 16.4 Å². The molecule has 1 heterocycles. The molecule has 0 radical (unpaired) electrons. The van der Waals surface area contributed by atoms with Crippen LogP contribution in [0.3, 0.4) is 0 Å². The smallest absolute Gasteiger partial charge is 0.255 e. The molecule has 1 aliphatic rings. The van der Waals surface area contributed by atoms with Gasteiger partial charge in [0, 0.05) is 31.7 Å². The van der Waals surface area contributed by atoms with E-state index in [0.717, 1.165) is 0 Å². The number of nitrogens with one attached hydrogen (secondary N) is 1. The third-order valence-electron chi connectivity index (χ3n) is 4.38. The maximum absolute atomic E-state index is 12.7. The highest BCUT2D eigenvalue weighted by atomic mass is 35.5. The summed E-state index contributed by atoms with van der Waals surface area (Å²) in [6, 6.07) is 10.5. The van der Waals surface area contributed by atoms with Gasteiger partial charge in [-0.15, -0.1) is 0 Å². The molecule has 0 unspecified atom stereocenters. The molecule has 0 atom stereocenters. The number of hydrogen-bond donors (Lipinski definition) is 1. The molecule has 1 aliphatic heterocycles. The first kappa shape index (κ1) is 20.6. The number of hydrogen-bond acceptors (Lipinski definition) is 4. The van der Waals surface area contributed by atoms with E-state index in [4.69, 9.17) is 23.2 Å². The van der Waals surface area contributed by atoms with Crippen LogP contribution in [-0.2, 0) is 14.8 Å². The van der Waals surface area contributed by atoms with E-state index in [-0.39, 0.29) is 28.6 Å². The van der Waals surface area contributed by atoms with Gasteiger partial charge in [0.05, 0.1) is 20.6 Å². The number of sulfonamides is 1. The van der Waals surface area contributed by atoms with Crippen LogP contribution in [0.4, 0.5) is 5.69 Å². The fraction of sp³-hybridized carbons (Fsp3) is 0.222. The van der Waals surface area contributed by atoms with Crippen LogP contribution in [0.25, 0.3) is 0 Å². The zero-order chi connectivity index (χ0) is 20.3. The summed E-state index contributed by atoms with van der Waals surface area (Å²) in [5.74, 6) is -0.437. The molecule has 2 aromatic rings. The number of amides is 2. The zero-order valence-electron chi connectivity index (χ0n) is 14.6.